The second-order valence-corrected chi connectivity index (χ2v) is 9.25. The molecule has 1 aliphatic rings. The van der Waals surface area contributed by atoms with Crippen LogP contribution in [0, 0.1) is 5.92 Å². The third-order valence-electron chi connectivity index (χ3n) is 5.53. The molecule has 1 saturated heterocycles. The van der Waals surface area contributed by atoms with Gasteiger partial charge in [0.2, 0.25) is 15.9 Å². The van der Waals surface area contributed by atoms with Gasteiger partial charge in [-0.1, -0.05) is 26.0 Å². The summed E-state index contributed by atoms with van der Waals surface area (Å²) in [6, 6.07) is 7.09. The molecule has 28 heavy (non-hydrogen) atoms. The van der Waals surface area contributed by atoms with Crippen LogP contribution < -0.4 is 5.73 Å². The van der Waals surface area contributed by atoms with E-state index in [0.29, 0.717) is 36.7 Å². The molecule has 0 spiro atoms. The molecule has 1 aromatic rings. The van der Waals surface area contributed by atoms with Crippen molar-refractivity contribution in [2.45, 2.75) is 57.4 Å². The molecule has 0 saturated carbocycles. The summed E-state index contributed by atoms with van der Waals surface area (Å²) in [5.41, 5.74) is 6.93. The Morgan fingerprint density at radius 1 is 1.18 bits per heavy atom. The molecule has 6 nitrogen and oxygen atoms in total. The highest BCUT2D eigenvalue weighted by Gasteiger charge is 2.25. The fourth-order valence-electron chi connectivity index (χ4n) is 3.62. The van der Waals surface area contributed by atoms with Gasteiger partial charge in [-0.25, -0.2) is 8.42 Å². The zero-order valence-corrected chi connectivity index (χ0v) is 18.8. The molecule has 1 heterocycles. The van der Waals surface area contributed by atoms with Crippen molar-refractivity contribution in [3.05, 3.63) is 29.8 Å². The molecule has 0 bridgehead atoms. The molecule has 1 atom stereocenters. The topological polar surface area (TPSA) is 83.7 Å². The summed E-state index contributed by atoms with van der Waals surface area (Å²) in [6.45, 7) is 8.17. The first-order valence-corrected chi connectivity index (χ1v) is 11.4. The van der Waals surface area contributed by atoms with Crippen LogP contribution in [0.15, 0.2) is 29.2 Å². The van der Waals surface area contributed by atoms with Gasteiger partial charge in [-0.05, 0) is 49.8 Å². The van der Waals surface area contributed by atoms with Crippen LogP contribution in [-0.4, -0.2) is 55.8 Å². The van der Waals surface area contributed by atoms with Crippen molar-refractivity contribution in [2.75, 3.05) is 26.2 Å². The fraction of sp³-hybridized carbons (Fsp3) is 0.650. The lowest BCUT2D eigenvalue weighted by Crippen LogP contribution is -2.42. The van der Waals surface area contributed by atoms with Crippen LogP contribution in [0.3, 0.4) is 0 Å². The number of hydrogen-bond acceptors (Lipinski definition) is 4. The predicted octanol–water partition coefficient (Wildman–Crippen LogP) is 2.66. The minimum atomic E-state index is -3.43. The predicted molar refractivity (Wildman–Crippen MR) is 115 cm³/mol. The van der Waals surface area contributed by atoms with Crippen LogP contribution in [0.5, 0.6) is 0 Å². The van der Waals surface area contributed by atoms with Crippen molar-refractivity contribution < 1.29 is 13.2 Å². The monoisotopic (exact) mass is 431 g/mol. The van der Waals surface area contributed by atoms with E-state index in [1.54, 1.807) is 12.1 Å². The third-order valence-corrected chi connectivity index (χ3v) is 7.59. The highest BCUT2D eigenvalue weighted by molar-refractivity contribution is 7.89. The van der Waals surface area contributed by atoms with Crippen molar-refractivity contribution in [1.82, 2.24) is 9.21 Å². The lowest BCUT2D eigenvalue weighted by molar-refractivity contribution is -0.132. The number of likely N-dealkylation sites (tertiary alicyclic amines) is 1. The number of aryl methyl sites for hydroxylation is 1. The van der Waals surface area contributed by atoms with Gasteiger partial charge in [0.05, 0.1) is 4.90 Å². The van der Waals surface area contributed by atoms with Gasteiger partial charge in [-0.15, -0.1) is 12.4 Å². The SMILES string of the molecule is CCN(CC)S(=O)(=O)c1ccc(CCC(=O)N2CCC(C(C)N)CC2)cc1.Cl. The van der Waals surface area contributed by atoms with E-state index in [-0.39, 0.29) is 24.4 Å². The van der Waals surface area contributed by atoms with Gasteiger partial charge < -0.3 is 10.6 Å². The number of halogens is 1. The molecule has 1 aromatic carbocycles. The van der Waals surface area contributed by atoms with Gasteiger partial charge in [-0.3, -0.25) is 4.79 Å². The molecule has 0 aliphatic carbocycles. The largest absolute Gasteiger partial charge is 0.343 e. The Morgan fingerprint density at radius 3 is 2.18 bits per heavy atom. The van der Waals surface area contributed by atoms with Gasteiger partial charge in [0, 0.05) is 38.6 Å². The van der Waals surface area contributed by atoms with E-state index in [9.17, 15) is 13.2 Å². The molecule has 1 fully saturated rings. The molecule has 0 aromatic heterocycles. The maximum atomic E-state index is 12.5. The summed E-state index contributed by atoms with van der Waals surface area (Å²) in [6.07, 6.45) is 3.02. The summed E-state index contributed by atoms with van der Waals surface area (Å²) in [7, 11) is -3.43. The number of hydrogen-bond donors (Lipinski definition) is 1. The van der Waals surface area contributed by atoms with Crippen molar-refractivity contribution in [2.24, 2.45) is 11.7 Å². The number of sulfonamides is 1. The number of piperidine rings is 1. The van der Waals surface area contributed by atoms with Gasteiger partial charge >= 0.3 is 0 Å². The van der Waals surface area contributed by atoms with E-state index in [2.05, 4.69) is 0 Å². The average molecular weight is 432 g/mol. The van der Waals surface area contributed by atoms with Gasteiger partial charge in [0.25, 0.3) is 0 Å². The number of nitrogens with two attached hydrogens (primary N) is 1. The Morgan fingerprint density at radius 2 is 1.71 bits per heavy atom. The standard InChI is InChI=1S/C20H33N3O3S.ClH/c1-4-23(5-2)27(25,26)19-9-6-17(7-10-19)8-11-20(24)22-14-12-18(13-15-22)16(3)21;/h6-7,9-10,16,18H,4-5,8,11-15,21H2,1-3H3;1H. The molecule has 0 radical (unpaired) electrons. The van der Waals surface area contributed by atoms with E-state index in [0.717, 1.165) is 31.5 Å². The third kappa shape index (κ3) is 6.17. The number of amides is 1. The average Bonchev–Trinajstić information content (AvgIpc) is 2.67. The van der Waals surface area contributed by atoms with E-state index in [1.165, 1.54) is 4.31 Å². The molecule has 8 heteroatoms. The quantitative estimate of drug-likeness (QED) is 0.685. The number of nitrogens with zero attached hydrogens (tertiary/aromatic N) is 2. The van der Waals surface area contributed by atoms with Gasteiger partial charge in [0.1, 0.15) is 0 Å². The second-order valence-electron chi connectivity index (χ2n) is 7.31. The van der Waals surface area contributed by atoms with Crippen molar-refractivity contribution in [3.8, 4) is 0 Å². The molecule has 1 unspecified atom stereocenters. The van der Waals surface area contributed by atoms with Gasteiger partial charge in [-0.2, -0.15) is 4.31 Å². The lowest BCUT2D eigenvalue weighted by atomic mass is 9.91. The zero-order chi connectivity index (χ0) is 20.0. The van der Waals surface area contributed by atoms with Crippen LogP contribution in [-0.2, 0) is 21.2 Å². The van der Waals surface area contributed by atoms with Crippen LogP contribution >= 0.6 is 12.4 Å². The Balaban J connectivity index is 0.00000392. The maximum absolute atomic E-state index is 12.5. The Kier molecular flexibility index (Phi) is 9.90. The molecular formula is C20H34ClN3O3S. The lowest BCUT2D eigenvalue weighted by Gasteiger charge is -2.33. The van der Waals surface area contributed by atoms with E-state index < -0.39 is 10.0 Å². The summed E-state index contributed by atoms with van der Waals surface area (Å²) < 4.78 is 26.5. The first kappa shape index (κ1) is 24.9. The Bertz CT molecular complexity index is 711. The van der Waals surface area contributed by atoms with Crippen molar-refractivity contribution >= 4 is 28.3 Å². The number of benzene rings is 1. The number of rotatable bonds is 8. The van der Waals surface area contributed by atoms with E-state index in [4.69, 9.17) is 5.73 Å². The fourth-order valence-corrected chi connectivity index (χ4v) is 5.08. The summed E-state index contributed by atoms with van der Waals surface area (Å²) in [5.74, 6) is 0.673. The van der Waals surface area contributed by atoms with Crippen molar-refractivity contribution in [1.29, 1.82) is 0 Å². The minimum absolute atomic E-state index is 0. The number of carbonyl (C=O) groups excluding carboxylic acids is 1. The van der Waals surface area contributed by atoms with Crippen molar-refractivity contribution in [3.63, 3.8) is 0 Å². The highest BCUT2D eigenvalue weighted by atomic mass is 35.5. The number of carbonyl (C=O) groups is 1. The van der Waals surface area contributed by atoms with E-state index >= 15 is 0 Å². The molecule has 1 aliphatic heterocycles. The zero-order valence-electron chi connectivity index (χ0n) is 17.1. The minimum Gasteiger partial charge on any atom is -0.343 e. The van der Waals surface area contributed by atoms with Crippen LogP contribution in [0.4, 0.5) is 0 Å². The summed E-state index contributed by atoms with van der Waals surface area (Å²) >= 11 is 0. The second kappa shape index (κ2) is 11.1. The Labute approximate surface area is 175 Å². The molecule has 2 N–H and O–H groups in total. The smallest absolute Gasteiger partial charge is 0.243 e. The van der Waals surface area contributed by atoms with Crippen LogP contribution in [0.25, 0.3) is 0 Å². The summed E-state index contributed by atoms with van der Waals surface area (Å²) in [5, 5.41) is 0. The molecule has 2 rings (SSSR count). The summed E-state index contributed by atoms with van der Waals surface area (Å²) in [4.78, 5) is 14.7. The molecular weight excluding hydrogens is 398 g/mol. The molecule has 1 amide bonds. The highest BCUT2D eigenvalue weighted by Crippen LogP contribution is 2.21. The molecule has 160 valence electrons. The van der Waals surface area contributed by atoms with Gasteiger partial charge in [0.15, 0.2) is 0 Å². The first-order chi connectivity index (χ1) is 12.8. The van der Waals surface area contributed by atoms with E-state index in [1.807, 2.05) is 37.8 Å². The van der Waals surface area contributed by atoms with Crippen LogP contribution in [0.1, 0.15) is 45.6 Å². The normalized spacial score (nSPS) is 16.7. The maximum Gasteiger partial charge on any atom is 0.243 e. The Hall–Kier alpha value is -1.15. The van der Waals surface area contributed by atoms with Crippen LogP contribution in [0.2, 0.25) is 0 Å². The first-order valence-electron chi connectivity index (χ1n) is 9.92.